The number of azide groups is 1. The van der Waals surface area contributed by atoms with Gasteiger partial charge in [0.2, 0.25) is 0 Å². The Kier molecular flexibility index (Phi) is 2.93. The smallest absolute Gasteiger partial charge is 0.0628 e. The summed E-state index contributed by atoms with van der Waals surface area (Å²) in [4.78, 5) is 2.71. The van der Waals surface area contributed by atoms with Gasteiger partial charge in [0.25, 0.3) is 0 Å². The summed E-state index contributed by atoms with van der Waals surface area (Å²) in [6.45, 7) is 4.49. The summed E-state index contributed by atoms with van der Waals surface area (Å²) in [5, 5.41) is 7.77. The second-order valence-electron chi connectivity index (χ2n) is 2.98. The van der Waals surface area contributed by atoms with Crippen LogP contribution in [0.5, 0.6) is 0 Å². The van der Waals surface area contributed by atoms with Crippen LogP contribution in [-0.4, -0.2) is 16.3 Å². The first-order valence-electron chi connectivity index (χ1n) is 4.16. The van der Waals surface area contributed by atoms with Crippen LogP contribution in [-0.2, 0) is 13.5 Å². The van der Waals surface area contributed by atoms with Crippen LogP contribution in [0.1, 0.15) is 17.0 Å². The summed E-state index contributed by atoms with van der Waals surface area (Å²) in [5.41, 5.74) is 11.5. The van der Waals surface area contributed by atoms with Gasteiger partial charge in [-0.3, -0.25) is 4.68 Å². The van der Waals surface area contributed by atoms with Crippen LogP contribution < -0.4 is 0 Å². The maximum absolute atomic E-state index is 8.13. The molecule has 0 spiro atoms. The van der Waals surface area contributed by atoms with Crippen molar-refractivity contribution in [2.45, 2.75) is 20.3 Å². The molecule has 0 amide bonds. The van der Waals surface area contributed by atoms with Gasteiger partial charge in [-0.1, -0.05) is 5.11 Å². The fourth-order valence-electron chi connectivity index (χ4n) is 1.39. The van der Waals surface area contributed by atoms with Crippen molar-refractivity contribution in [1.82, 2.24) is 9.78 Å². The quantitative estimate of drug-likeness (QED) is 0.397. The molecule has 70 valence electrons. The summed E-state index contributed by atoms with van der Waals surface area (Å²) < 4.78 is 1.85. The van der Waals surface area contributed by atoms with E-state index in [2.05, 4.69) is 15.1 Å². The fraction of sp³-hybridized carbons (Fsp3) is 0.625. The lowest BCUT2D eigenvalue weighted by molar-refractivity contribution is 0.730. The Morgan fingerprint density at radius 3 is 2.69 bits per heavy atom. The second kappa shape index (κ2) is 3.96. The molecular formula is C8H13N5. The topological polar surface area (TPSA) is 66.6 Å². The fourth-order valence-corrected chi connectivity index (χ4v) is 1.39. The Labute approximate surface area is 77.0 Å². The SMILES string of the molecule is Cc1nn(C)c(C)c1CCN=[N+]=[N-]. The molecule has 0 radical (unpaired) electrons. The van der Waals surface area contributed by atoms with Crippen LogP contribution in [0.25, 0.3) is 10.4 Å². The van der Waals surface area contributed by atoms with Crippen LogP contribution in [0.2, 0.25) is 0 Å². The molecule has 1 aromatic rings. The van der Waals surface area contributed by atoms with E-state index in [4.69, 9.17) is 5.53 Å². The highest BCUT2D eigenvalue weighted by Crippen LogP contribution is 2.12. The Bertz CT molecular complexity index is 346. The first kappa shape index (κ1) is 9.61. The van der Waals surface area contributed by atoms with E-state index < -0.39 is 0 Å². The number of rotatable bonds is 3. The van der Waals surface area contributed by atoms with Crippen molar-refractivity contribution >= 4 is 0 Å². The molecule has 5 nitrogen and oxygen atoms in total. The van der Waals surface area contributed by atoms with Crippen molar-refractivity contribution in [2.24, 2.45) is 12.2 Å². The molecule has 0 unspecified atom stereocenters. The summed E-state index contributed by atoms with van der Waals surface area (Å²) in [6.07, 6.45) is 0.773. The second-order valence-corrected chi connectivity index (χ2v) is 2.98. The van der Waals surface area contributed by atoms with E-state index in [1.807, 2.05) is 25.6 Å². The van der Waals surface area contributed by atoms with Gasteiger partial charge in [0.05, 0.1) is 5.69 Å². The number of aryl methyl sites for hydroxylation is 2. The molecule has 0 aliphatic rings. The molecule has 0 bridgehead atoms. The Morgan fingerprint density at radius 1 is 1.54 bits per heavy atom. The standard InChI is InChI=1S/C8H13N5/c1-6-8(4-5-10-12-9)7(2)13(3)11-6/h4-5H2,1-3H3. The van der Waals surface area contributed by atoms with E-state index in [-0.39, 0.29) is 0 Å². The van der Waals surface area contributed by atoms with E-state index in [0.29, 0.717) is 6.54 Å². The molecule has 0 fully saturated rings. The van der Waals surface area contributed by atoms with Crippen molar-refractivity contribution in [3.8, 4) is 0 Å². The zero-order valence-electron chi connectivity index (χ0n) is 8.15. The van der Waals surface area contributed by atoms with E-state index in [9.17, 15) is 0 Å². The van der Waals surface area contributed by atoms with Gasteiger partial charge in [0.1, 0.15) is 0 Å². The number of hydrogen-bond acceptors (Lipinski definition) is 2. The normalized spacial score (nSPS) is 9.77. The lowest BCUT2D eigenvalue weighted by Gasteiger charge is -1.97. The lowest BCUT2D eigenvalue weighted by atomic mass is 10.1. The first-order valence-corrected chi connectivity index (χ1v) is 4.16. The zero-order valence-corrected chi connectivity index (χ0v) is 8.15. The number of hydrogen-bond donors (Lipinski definition) is 0. The van der Waals surface area contributed by atoms with Gasteiger partial charge in [-0.05, 0) is 31.4 Å². The van der Waals surface area contributed by atoms with E-state index in [1.54, 1.807) is 0 Å². The van der Waals surface area contributed by atoms with Gasteiger partial charge in [-0.2, -0.15) is 5.10 Å². The van der Waals surface area contributed by atoms with Crippen LogP contribution in [0.3, 0.4) is 0 Å². The third-order valence-corrected chi connectivity index (χ3v) is 2.18. The van der Waals surface area contributed by atoms with Gasteiger partial charge in [0, 0.05) is 24.2 Å². The predicted molar refractivity (Wildman–Crippen MR) is 50.4 cm³/mol. The molecule has 0 atom stereocenters. The van der Waals surface area contributed by atoms with Gasteiger partial charge in [0.15, 0.2) is 0 Å². The van der Waals surface area contributed by atoms with Gasteiger partial charge < -0.3 is 0 Å². The van der Waals surface area contributed by atoms with E-state index in [1.165, 1.54) is 5.56 Å². The van der Waals surface area contributed by atoms with E-state index >= 15 is 0 Å². The maximum Gasteiger partial charge on any atom is 0.0628 e. The number of aromatic nitrogens is 2. The molecule has 0 aliphatic carbocycles. The third kappa shape index (κ3) is 2.00. The number of nitrogens with zero attached hydrogens (tertiary/aromatic N) is 5. The van der Waals surface area contributed by atoms with Gasteiger partial charge in [-0.15, -0.1) is 0 Å². The van der Waals surface area contributed by atoms with Gasteiger partial charge >= 0.3 is 0 Å². The zero-order chi connectivity index (χ0) is 9.84. The van der Waals surface area contributed by atoms with Crippen molar-refractivity contribution in [3.05, 3.63) is 27.4 Å². The predicted octanol–water partition coefficient (Wildman–Crippen LogP) is 1.89. The molecule has 0 saturated carbocycles. The minimum Gasteiger partial charge on any atom is -0.272 e. The highest BCUT2D eigenvalue weighted by Gasteiger charge is 2.07. The van der Waals surface area contributed by atoms with Crippen molar-refractivity contribution in [2.75, 3.05) is 6.54 Å². The molecule has 1 heterocycles. The summed E-state index contributed by atoms with van der Waals surface area (Å²) in [7, 11) is 1.92. The molecule has 0 N–H and O–H groups in total. The van der Waals surface area contributed by atoms with Crippen molar-refractivity contribution < 1.29 is 0 Å². The molecule has 13 heavy (non-hydrogen) atoms. The maximum atomic E-state index is 8.13. The lowest BCUT2D eigenvalue weighted by Crippen LogP contribution is -1.95. The van der Waals surface area contributed by atoms with Crippen LogP contribution in [0.15, 0.2) is 5.11 Å². The van der Waals surface area contributed by atoms with Crippen LogP contribution in [0, 0.1) is 13.8 Å². The molecule has 1 aromatic heterocycles. The molecule has 0 aliphatic heterocycles. The Hall–Kier alpha value is -1.48. The van der Waals surface area contributed by atoms with Gasteiger partial charge in [-0.25, -0.2) is 0 Å². The highest BCUT2D eigenvalue weighted by atomic mass is 15.3. The third-order valence-electron chi connectivity index (χ3n) is 2.18. The first-order chi connectivity index (χ1) is 6.16. The monoisotopic (exact) mass is 179 g/mol. The van der Waals surface area contributed by atoms with Crippen molar-refractivity contribution in [1.29, 1.82) is 0 Å². The molecule has 5 heteroatoms. The Balaban J connectivity index is 2.81. The summed E-state index contributed by atoms with van der Waals surface area (Å²) in [6, 6.07) is 0. The minimum absolute atomic E-state index is 0.504. The average molecular weight is 179 g/mol. The van der Waals surface area contributed by atoms with Crippen LogP contribution >= 0.6 is 0 Å². The highest BCUT2D eigenvalue weighted by molar-refractivity contribution is 5.24. The summed E-state index contributed by atoms with van der Waals surface area (Å²) >= 11 is 0. The van der Waals surface area contributed by atoms with Crippen LogP contribution in [0.4, 0.5) is 0 Å². The average Bonchev–Trinajstić information content (AvgIpc) is 2.32. The Morgan fingerprint density at radius 2 is 2.23 bits per heavy atom. The minimum atomic E-state index is 0.504. The molecular weight excluding hydrogens is 166 g/mol. The molecule has 0 saturated heterocycles. The largest absolute Gasteiger partial charge is 0.272 e. The van der Waals surface area contributed by atoms with Crippen molar-refractivity contribution in [3.63, 3.8) is 0 Å². The molecule has 0 aromatic carbocycles. The summed E-state index contributed by atoms with van der Waals surface area (Å²) in [5.74, 6) is 0. The molecule has 1 rings (SSSR count). The van der Waals surface area contributed by atoms with E-state index in [0.717, 1.165) is 17.8 Å².